The number of benzene rings is 2. The third-order valence-corrected chi connectivity index (χ3v) is 5.34. The number of hydrogen-bond donors (Lipinski definition) is 1. The van der Waals surface area contributed by atoms with E-state index in [2.05, 4.69) is 37.4 Å². The minimum atomic E-state index is -0.688. The fourth-order valence-electron chi connectivity index (χ4n) is 3.66. The topological polar surface area (TPSA) is 58.6 Å². The molecule has 0 saturated carbocycles. The monoisotopic (exact) mass is 414 g/mol. The molecule has 0 fully saturated rings. The molecular formula is C23H27ClN2O3. The van der Waals surface area contributed by atoms with Crippen LogP contribution in [0.3, 0.4) is 0 Å². The van der Waals surface area contributed by atoms with Gasteiger partial charge in [-0.05, 0) is 42.5 Å². The number of nitrogens with zero attached hydrogens (tertiary/aromatic N) is 1. The molecule has 0 aromatic heterocycles. The largest absolute Gasteiger partial charge is 0.493 e. The van der Waals surface area contributed by atoms with Gasteiger partial charge in [-0.15, -0.1) is 0 Å². The summed E-state index contributed by atoms with van der Waals surface area (Å²) in [6, 6.07) is 10.9. The Morgan fingerprint density at radius 1 is 1.28 bits per heavy atom. The maximum absolute atomic E-state index is 12.9. The summed E-state index contributed by atoms with van der Waals surface area (Å²) in [5.74, 6) is 0.846. The van der Waals surface area contributed by atoms with E-state index < -0.39 is 6.04 Å². The molecule has 1 atom stereocenters. The number of anilines is 1. The number of fused-ring (bicyclic) bond motifs is 1. The number of carbonyl (C=O) groups excluding carboxylic acids is 2. The number of hydrogen-bond acceptors (Lipinski definition) is 3. The van der Waals surface area contributed by atoms with Gasteiger partial charge in [-0.25, -0.2) is 0 Å². The van der Waals surface area contributed by atoms with Crippen molar-refractivity contribution in [2.75, 3.05) is 18.1 Å². The summed E-state index contributed by atoms with van der Waals surface area (Å²) in [4.78, 5) is 26.1. The Balaban J connectivity index is 1.70. The lowest BCUT2D eigenvalue weighted by Gasteiger charge is -2.20. The highest BCUT2D eigenvalue weighted by atomic mass is 35.5. The minimum Gasteiger partial charge on any atom is -0.493 e. The van der Waals surface area contributed by atoms with Crippen LogP contribution >= 0.6 is 11.6 Å². The van der Waals surface area contributed by atoms with E-state index in [0.717, 1.165) is 16.9 Å². The maximum atomic E-state index is 12.9. The van der Waals surface area contributed by atoms with Gasteiger partial charge in [0.2, 0.25) is 5.91 Å². The van der Waals surface area contributed by atoms with Crippen molar-refractivity contribution >= 4 is 29.1 Å². The molecular weight excluding hydrogens is 388 g/mol. The number of ether oxygens (including phenoxy) is 1. The van der Waals surface area contributed by atoms with Crippen molar-refractivity contribution in [2.45, 2.75) is 46.1 Å². The SMILES string of the molecule is CC(=O)N[C@@H]1C(=O)N(CCCOc2cc(C)ccc2C(C)C)c2c(Cl)cccc21. The zero-order valence-electron chi connectivity index (χ0n) is 17.3. The highest BCUT2D eigenvalue weighted by Gasteiger charge is 2.38. The molecule has 0 radical (unpaired) electrons. The van der Waals surface area contributed by atoms with Crippen LogP contribution in [-0.2, 0) is 9.59 Å². The summed E-state index contributed by atoms with van der Waals surface area (Å²) < 4.78 is 6.04. The zero-order chi connectivity index (χ0) is 21.1. The van der Waals surface area contributed by atoms with Crippen LogP contribution in [0.1, 0.15) is 55.8 Å². The van der Waals surface area contributed by atoms with Crippen LogP contribution in [0.15, 0.2) is 36.4 Å². The smallest absolute Gasteiger partial charge is 0.254 e. The van der Waals surface area contributed by atoms with E-state index >= 15 is 0 Å². The van der Waals surface area contributed by atoms with Gasteiger partial charge in [0.1, 0.15) is 11.8 Å². The molecule has 2 amide bonds. The van der Waals surface area contributed by atoms with Crippen molar-refractivity contribution in [1.82, 2.24) is 5.32 Å². The molecule has 1 aliphatic heterocycles. The first-order valence-electron chi connectivity index (χ1n) is 9.89. The minimum absolute atomic E-state index is 0.165. The van der Waals surface area contributed by atoms with Gasteiger partial charge in [0.15, 0.2) is 0 Å². The Hall–Kier alpha value is -2.53. The normalized spacial score (nSPS) is 15.6. The van der Waals surface area contributed by atoms with Crippen LogP contribution in [0, 0.1) is 6.92 Å². The van der Waals surface area contributed by atoms with E-state index in [4.69, 9.17) is 16.3 Å². The Morgan fingerprint density at radius 3 is 2.72 bits per heavy atom. The molecule has 3 rings (SSSR count). The number of amides is 2. The predicted octanol–water partition coefficient (Wildman–Crippen LogP) is 4.76. The lowest BCUT2D eigenvalue weighted by Crippen LogP contribution is -2.37. The van der Waals surface area contributed by atoms with Crippen LogP contribution in [0.4, 0.5) is 5.69 Å². The number of halogens is 1. The molecule has 5 nitrogen and oxygen atoms in total. The van der Waals surface area contributed by atoms with Crippen molar-refractivity contribution in [3.8, 4) is 5.75 Å². The lowest BCUT2D eigenvalue weighted by atomic mass is 10.0. The quantitative estimate of drug-likeness (QED) is 0.664. The van der Waals surface area contributed by atoms with E-state index in [1.807, 2.05) is 13.0 Å². The first kappa shape index (κ1) is 21.2. The zero-order valence-corrected chi connectivity index (χ0v) is 18.0. The summed E-state index contributed by atoms with van der Waals surface area (Å²) in [7, 11) is 0. The summed E-state index contributed by atoms with van der Waals surface area (Å²) in [6.07, 6.45) is 0.647. The molecule has 2 aromatic carbocycles. The summed E-state index contributed by atoms with van der Waals surface area (Å²) >= 11 is 6.38. The average molecular weight is 415 g/mol. The fraction of sp³-hybridized carbons (Fsp3) is 0.391. The predicted molar refractivity (Wildman–Crippen MR) is 116 cm³/mol. The second-order valence-corrected chi connectivity index (χ2v) is 8.11. The summed E-state index contributed by atoms with van der Waals surface area (Å²) in [5.41, 5.74) is 3.74. The summed E-state index contributed by atoms with van der Waals surface area (Å²) in [6.45, 7) is 8.68. The van der Waals surface area contributed by atoms with E-state index in [9.17, 15) is 9.59 Å². The van der Waals surface area contributed by atoms with Crippen molar-refractivity contribution in [3.63, 3.8) is 0 Å². The van der Waals surface area contributed by atoms with E-state index in [1.165, 1.54) is 12.5 Å². The molecule has 0 bridgehead atoms. The third kappa shape index (κ3) is 4.56. The molecule has 2 aromatic rings. The maximum Gasteiger partial charge on any atom is 0.254 e. The molecule has 6 heteroatoms. The van der Waals surface area contributed by atoms with E-state index in [0.29, 0.717) is 36.2 Å². The molecule has 0 unspecified atom stereocenters. The number of para-hydroxylation sites is 1. The van der Waals surface area contributed by atoms with Gasteiger partial charge < -0.3 is 15.0 Å². The Morgan fingerprint density at radius 2 is 2.03 bits per heavy atom. The Kier molecular flexibility index (Phi) is 6.48. The highest BCUT2D eigenvalue weighted by molar-refractivity contribution is 6.34. The number of aryl methyl sites for hydroxylation is 1. The number of rotatable bonds is 7. The molecule has 154 valence electrons. The van der Waals surface area contributed by atoms with Crippen molar-refractivity contribution < 1.29 is 14.3 Å². The summed E-state index contributed by atoms with van der Waals surface area (Å²) in [5, 5.41) is 3.23. The lowest BCUT2D eigenvalue weighted by molar-refractivity contribution is -0.126. The van der Waals surface area contributed by atoms with Gasteiger partial charge in [0.05, 0.1) is 17.3 Å². The number of nitrogens with one attached hydrogen (secondary N) is 1. The molecule has 1 aliphatic rings. The first-order valence-corrected chi connectivity index (χ1v) is 10.3. The van der Waals surface area contributed by atoms with Crippen molar-refractivity contribution in [3.05, 3.63) is 58.1 Å². The first-order chi connectivity index (χ1) is 13.8. The fourth-order valence-corrected chi connectivity index (χ4v) is 3.95. The van der Waals surface area contributed by atoms with Crippen molar-refractivity contribution in [2.24, 2.45) is 0 Å². The van der Waals surface area contributed by atoms with Crippen LogP contribution in [0.25, 0.3) is 0 Å². The van der Waals surface area contributed by atoms with Crippen LogP contribution in [0.5, 0.6) is 5.75 Å². The molecule has 1 N–H and O–H groups in total. The molecule has 0 spiro atoms. The van der Waals surface area contributed by atoms with Gasteiger partial charge >= 0.3 is 0 Å². The Bertz CT molecular complexity index is 926. The molecule has 0 saturated heterocycles. The number of carbonyl (C=O) groups is 2. The van der Waals surface area contributed by atoms with Crippen molar-refractivity contribution in [1.29, 1.82) is 0 Å². The van der Waals surface area contributed by atoms with E-state index in [1.54, 1.807) is 17.0 Å². The Labute approximate surface area is 177 Å². The van der Waals surface area contributed by atoms with E-state index in [-0.39, 0.29) is 11.8 Å². The molecule has 0 aliphatic carbocycles. The van der Waals surface area contributed by atoms with Crippen LogP contribution in [0.2, 0.25) is 5.02 Å². The van der Waals surface area contributed by atoms with Crippen LogP contribution < -0.4 is 15.0 Å². The standard InChI is InChI=1S/C23H27ClN2O3/c1-14(2)17-10-9-15(3)13-20(17)29-12-6-11-26-22-18(7-5-8-19(22)24)21(23(26)28)25-16(4)27/h5,7-10,13-14,21H,6,11-12H2,1-4H3,(H,25,27)/t21-/m0/s1. The second kappa shape index (κ2) is 8.87. The van der Waals surface area contributed by atoms with Gasteiger partial charge in [0, 0.05) is 19.0 Å². The van der Waals surface area contributed by atoms with Crippen LogP contribution in [-0.4, -0.2) is 25.0 Å². The van der Waals surface area contributed by atoms with Gasteiger partial charge in [-0.1, -0.05) is 49.7 Å². The third-order valence-electron chi connectivity index (χ3n) is 5.03. The average Bonchev–Trinajstić information content (AvgIpc) is 2.91. The highest BCUT2D eigenvalue weighted by Crippen LogP contribution is 2.41. The molecule has 29 heavy (non-hydrogen) atoms. The van der Waals surface area contributed by atoms with Gasteiger partial charge in [0.25, 0.3) is 5.91 Å². The van der Waals surface area contributed by atoms with Gasteiger partial charge in [-0.2, -0.15) is 0 Å². The second-order valence-electron chi connectivity index (χ2n) is 7.70. The molecule has 1 heterocycles. The van der Waals surface area contributed by atoms with Gasteiger partial charge in [-0.3, -0.25) is 9.59 Å².